The first-order chi connectivity index (χ1) is 8.88. The molecule has 0 saturated carbocycles. The van der Waals surface area contributed by atoms with Crippen molar-refractivity contribution in [3.63, 3.8) is 0 Å². The molecular formula is C15H19NO2. The molecular weight excluding hydrogens is 226 g/mol. The highest BCUT2D eigenvalue weighted by Gasteiger charge is 2.14. The summed E-state index contributed by atoms with van der Waals surface area (Å²) in [5.74, 6) is 7.34. The first-order valence-electron chi connectivity index (χ1n) is 6.38. The third-order valence-electron chi connectivity index (χ3n) is 3.02. The van der Waals surface area contributed by atoms with E-state index in [2.05, 4.69) is 11.8 Å². The fourth-order valence-corrected chi connectivity index (χ4v) is 1.91. The van der Waals surface area contributed by atoms with Gasteiger partial charge in [-0.1, -0.05) is 11.8 Å². The van der Waals surface area contributed by atoms with Gasteiger partial charge in [-0.05, 0) is 43.0 Å². The monoisotopic (exact) mass is 245 g/mol. The number of benzene rings is 1. The maximum atomic E-state index is 5.78. The summed E-state index contributed by atoms with van der Waals surface area (Å²) in [5, 5.41) is 0. The molecule has 1 heterocycles. The summed E-state index contributed by atoms with van der Waals surface area (Å²) in [4.78, 5) is 0. The highest BCUT2D eigenvalue weighted by molar-refractivity contribution is 5.38. The Morgan fingerprint density at radius 1 is 1.22 bits per heavy atom. The average molecular weight is 245 g/mol. The van der Waals surface area contributed by atoms with Crippen LogP contribution in [0.4, 0.5) is 0 Å². The molecule has 0 bridgehead atoms. The normalized spacial score (nSPS) is 15.8. The minimum Gasteiger partial charge on any atom is -0.493 e. The van der Waals surface area contributed by atoms with E-state index in [1.54, 1.807) is 0 Å². The zero-order valence-corrected chi connectivity index (χ0v) is 10.5. The van der Waals surface area contributed by atoms with Crippen molar-refractivity contribution in [2.75, 3.05) is 26.4 Å². The number of ether oxygens (including phenoxy) is 2. The quantitative estimate of drug-likeness (QED) is 0.826. The van der Waals surface area contributed by atoms with Gasteiger partial charge < -0.3 is 15.2 Å². The zero-order valence-electron chi connectivity index (χ0n) is 10.5. The van der Waals surface area contributed by atoms with Crippen molar-refractivity contribution in [1.82, 2.24) is 0 Å². The Bertz CT molecular complexity index is 410. The van der Waals surface area contributed by atoms with Gasteiger partial charge in [0.05, 0.1) is 13.2 Å². The second-order valence-corrected chi connectivity index (χ2v) is 4.40. The Balaban J connectivity index is 1.82. The number of hydrogen-bond acceptors (Lipinski definition) is 3. The molecule has 1 aliphatic rings. The predicted molar refractivity (Wildman–Crippen MR) is 71.4 cm³/mol. The molecule has 1 fully saturated rings. The molecule has 2 rings (SSSR count). The van der Waals surface area contributed by atoms with Gasteiger partial charge in [-0.25, -0.2) is 0 Å². The van der Waals surface area contributed by atoms with Crippen molar-refractivity contribution in [2.24, 2.45) is 11.7 Å². The van der Waals surface area contributed by atoms with E-state index in [0.717, 1.165) is 44.0 Å². The van der Waals surface area contributed by atoms with Gasteiger partial charge in [-0.3, -0.25) is 0 Å². The molecule has 0 aromatic heterocycles. The molecule has 1 aromatic carbocycles. The Morgan fingerprint density at radius 3 is 2.61 bits per heavy atom. The Kier molecular flexibility index (Phi) is 5.07. The summed E-state index contributed by atoms with van der Waals surface area (Å²) in [5.41, 5.74) is 6.30. The summed E-state index contributed by atoms with van der Waals surface area (Å²) >= 11 is 0. The van der Waals surface area contributed by atoms with Crippen LogP contribution in [0.2, 0.25) is 0 Å². The van der Waals surface area contributed by atoms with Crippen molar-refractivity contribution in [1.29, 1.82) is 0 Å². The minimum atomic E-state index is 0.391. The van der Waals surface area contributed by atoms with E-state index in [1.807, 2.05) is 24.3 Å². The van der Waals surface area contributed by atoms with Crippen molar-refractivity contribution >= 4 is 0 Å². The lowest BCUT2D eigenvalue weighted by Gasteiger charge is -2.22. The van der Waals surface area contributed by atoms with Crippen LogP contribution in [0.1, 0.15) is 18.4 Å². The maximum Gasteiger partial charge on any atom is 0.119 e. The molecule has 1 aliphatic heterocycles. The van der Waals surface area contributed by atoms with E-state index in [-0.39, 0.29) is 0 Å². The standard InChI is InChI=1S/C15H19NO2/c16-9-1-2-13-3-5-15(6-4-13)18-12-14-7-10-17-11-8-14/h3-6,14H,7-12,16H2. The largest absolute Gasteiger partial charge is 0.493 e. The van der Waals surface area contributed by atoms with Gasteiger partial charge in [-0.2, -0.15) is 0 Å². The molecule has 0 unspecified atom stereocenters. The van der Waals surface area contributed by atoms with Crippen LogP contribution in [-0.2, 0) is 4.74 Å². The molecule has 0 radical (unpaired) electrons. The Labute approximate surface area is 108 Å². The van der Waals surface area contributed by atoms with Crippen molar-refractivity contribution in [3.05, 3.63) is 29.8 Å². The lowest BCUT2D eigenvalue weighted by atomic mass is 10.0. The summed E-state index contributed by atoms with van der Waals surface area (Å²) in [7, 11) is 0. The first-order valence-corrected chi connectivity index (χ1v) is 6.38. The molecule has 96 valence electrons. The van der Waals surface area contributed by atoms with Crippen molar-refractivity contribution in [2.45, 2.75) is 12.8 Å². The summed E-state index contributed by atoms with van der Waals surface area (Å²) < 4.78 is 11.1. The molecule has 0 spiro atoms. The fraction of sp³-hybridized carbons (Fsp3) is 0.467. The van der Waals surface area contributed by atoms with Crippen LogP contribution in [0.25, 0.3) is 0 Å². The fourth-order valence-electron chi connectivity index (χ4n) is 1.91. The summed E-state index contributed by atoms with van der Waals surface area (Å²) in [6.07, 6.45) is 2.19. The van der Waals surface area contributed by atoms with E-state index >= 15 is 0 Å². The van der Waals surface area contributed by atoms with Crippen LogP contribution in [-0.4, -0.2) is 26.4 Å². The van der Waals surface area contributed by atoms with E-state index in [4.69, 9.17) is 15.2 Å². The van der Waals surface area contributed by atoms with Gasteiger partial charge in [0.25, 0.3) is 0 Å². The molecule has 18 heavy (non-hydrogen) atoms. The molecule has 0 aliphatic carbocycles. The third kappa shape index (κ3) is 4.06. The lowest BCUT2D eigenvalue weighted by Crippen LogP contribution is -2.21. The van der Waals surface area contributed by atoms with Crippen molar-refractivity contribution < 1.29 is 9.47 Å². The summed E-state index contributed by atoms with van der Waals surface area (Å²) in [6, 6.07) is 7.84. The number of hydrogen-bond donors (Lipinski definition) is 1. The van der Waals surface area contributed by atoms with Gasteiger partial charge in [0, 0.05) is 18.8 Å². The first kappa shape index (κ1) is 12.9. The van der Waals surface area contributed by atoms with E-state index in [0.29, 0.717) is 12.5 Å². The smallest absolute Gasteiger partial charge is 0.119 e. The Hall–Kier alpha value is -1.50. The van der Waals surface area contributed by atoms with Crippen molar-refractivity contribution in [3.8, 4) is 17.6 Å². The average Bonchev–Trinajstić information content (AvgIpc) is 2.45. The van der Waals surface area contributed by atoms with Crippen LogP contribution in [0, 0.1) is 17.8 Å². The van der Waals surface area contributed by atoms with Gasteiger partial charge in [0.15, 0.2) is 0 Å². The molecule has 0 amide bonds. The maximum absolute atomic E-state index is 5.78. The van der Waals surface area contributed by atoms with Crippen LogP contribution < -0.4 is 10.5 Å². The molecule has 2 N–H and O–H groups in total. The summed E-state index contributed by atoms with van der Waals surface area (Å²) in [6.45, 7) is 2.89. The van der Waals surface area contributed by atoms with Gasteiger partial charge in [-0.15, -0.1) is 0 Å². The lowest BCUT2D eigenvalue weighted by molar-refractivity contribution is 0.0497. The van der Waals surface area contributed by atoms with E-state index in [1.165, 1.54) is 0 Å². The van der Waals surface area contributed by atoms with Crippen LogP contribution >= 0.6 is 0 Å². The molecule has 0 atom stereocenters. The highest BCUT2D eigenvalue weighted by Crippen LogP contribution is 2.18. The highest BCUT2D eigenvalue weighted by atomic mass is 16.5. The topological polar surface area (TPSA) is 44.5 Å². The van der Waals surface area contributed by atoms with Gasteiger partial charge >= 0.3 is 0 Å². The molecule has 1 aromatic rings. The zero-order chi connectivity index (χ0) is 12.6. The number of rotatable bonds is 3. The second-order valence-electron chi connectivity index (χ2n) is 4.40. The van der Waals surface area contributed by atoms with E-state index < -0.39 is 0 Å². The minimum absolute atomic E-state index is 0.391. The molecule has 3 heteroatoms. The number of nitrogens with two attached hydrogens (primary N) is 1. The third-order valence-corrected chi connectivity index (χ3v) is 3.02. The molecule has 3 nitrogen and oxygen atoms in total. The van der Waals surface area contributed by atoms with Crippen LogP contribution in [0.15, 0.2) is 24.3 Å². The predicted octanol–water partition coefficient (Wildman–Crippen LogP) is 1.80. The second kappa shape index (κ2) is 7.05. The molecule has 1 saturated heterocycles. The SMILES string of the molecule is NCC#Cc1ccc(OCC2CCOCC2)cc1. The van der Waals surface area contributed by atoms with Crippen LogP contribution in [0.3, 0.4) is 0 Å². The van der Waals surface area contributed by atoms with Gasteiger partial charge in [0.2, 0.25) is 0 Å². The Morgan fingerprint density at radius 2 is 1.94 bits per heavy atom. The van der Waals surface area contributed by atoms with Gasteiger partial charge in [0.1, 0.15) is 5.75 Å². The van der Waals surface area contributed by atoms with Crippen LogP contribution in [0.5, 0.6) is 5.75 Å². The van der Waals surface area contributed by atoms with E-state index in [9.17, 15) is 0 Å².